The Morgan fingerprint density at radius 1 is 1.06 bits per heavy atom. The van der Waals surface area contributed by atoms with Gasteiger partial charge in [0.15, 0.2) is 0 Å². The number of nitrogens with zero attached hydrogens (tertiary/aromatic N) is 2. The smallest absolute Gasteiger partial charge is 0.123 e. The van der Waals surface area contributed by atoms with Crippen LogP contribution >= 0.6 is 0 Å². The van der Waals surface area contributed by atoms with Crippen LogP contribution in [-0.4, -0.2) is 43.0 Å². The molecule has 0 aromatic heterocycles. The van der Waals surface area contributed by atoms with Crippen molar-refractivity contribution in [3.63, 3.8) is 0 Å². The third-order valence-electron chi connectivity index (χ3n) is 4.60. The minimum atomic E-state index is -0.147. The van der Waals surface area contributed by atoms with Crippen molar-refractivity contribution < 1.29 is 4.39 Å². The fraction of sp³-hybridized carbons (Fsp3) is 0.600. The first kappa shape index (κ1) is 12.1. The van der Waals surface area contributed by atoms with E-state index in [4.69, 9.17) is 0 Å². The standard InChI is InChI=1S/C15H21FN2/c1-11(12-3-5-15(16)6-4-12)18-9-13-7-17(2)8-14(13)10-18/h3-6,11,13-14H,7-10H2,1-2H3. The molecule has 0 radical (unpaired) electrons. The summed E-state index contributed by atoms with van der Waals surface area (Å²) in [7, 11) is 2.21. The lowest BCUT2D eigenvalue weighted by molar-refractivity contribution is 0.225. The van der Waals surface area contributed by atoms with Gasteiger partial charge in [0.2, 0.25) is 0 Å². The molecular formula is C15H21FN2. The molecule has 0 bridgehead atoms. The quantitative estimate of drug-likeness (QED) is 0.793. The van der Waals surface area contributed by atoms with Crippen molar-refractivity contribution >= 4 is 0 Å². The molecule has 0 spiro atoms. The molecule has 18 heavy (non-hydrogen) atoms. The molecule has 1 aromatic carbocycles. The predicted molar refractivity (Wildman–Crippen MR) is 70.9 cm³/mol. The van der Waals surface area contributed by atoms with Gasteiger partial charge in [-0.05, 0) is 43.5 Å². The molecule has 2 fully saturated rings. The van der Waals surface area contributed by atoms with Crippen molar-refractivity contribution in [1.29, 1.82) is 0 Å². The minimum Gasteiger partial charge on any atom is -0.306 e. The molecule has 3 atom stereocenters. The van der Waals surface area contributed by atoms with E-state index >= 15 is 0 Å². The van der Waals surface area contributed by atoms with Gasteiger partial charge in [-0.1, -0.05) is 12.1 Å². The lowest BCUT2D eigenvalue weighted by Crippen LogP contribution is -2.29. The fourth-order valence-electron chi connectivity index (χ4n) is 3.53. The lowest BCUT2D eigenvalue weighted by atomic mass is 10.0. The fourth-order valence-corrected chi connectivity index (χ4v) is 3.53. The lowest BCUT2D eigenvalue weighted by Gasteiger charge is -2.26. The maximum Gasteiger partial charge on any atom is 0.123 e. The van der Waals surface area contributed by atoms with Crippen LogP contribution in [0.3, 0.4) is 0 Å². The first-order valence-corrected chi connectivity index (χ1v) is 6.81. The van der Waals surface area contributed by atoms with Crippen LogP contribution in [-0.2, 0) is 0 Å². The van der Waals surface area contributed by atoms with Crippen LogP contribution in [0.25, 0.3) is 0 Å². The third-order valence-corrected chi connectivity index (χ3v) is 4.60. The number of likely N-dealkylation sites (tertiary alicyclic amines) is 2. The van der Waals surface area contributed by atoms with Crippen molar-refractivity contribution in [3.8, 4) is 0 Å². The molecule has 1 aromatic rings. The summed E-state index contributed by atoms with van der Waals surface area (Å²) in [5, 5.41) is 0. The van der Waals surface area contributed by atoms with Crippen LogP contribution in [0.1, 0.15) is 18.5 Å². The summed E-state index contributed by atoms with van der Waals surface area (Å²) >= 11 is 0. The molecule has 0 amide bonds. The van der Waals surface area contributed by atoms with Crippen LogP contribution in [0.15, 0.2) is 24.3 Å². The largest absolute Gasteiger partial charge is 0.306 e. The second kappa shape index (κ2) is 4.63. The van der Waals surface area contributed by atoms with Crippen LogP contribution in [0.4, 0.5) is 4.39 Å². The van der Waals surface area contributed by atoms with E-state index in [0.29, 0.717) is 6.04 Å². The van der Waals surface area contributed by atoms with Crippen molar-refractivity contribution in [3.05, 3.63) is 35.6 Å². The maximum atomic E-state index is 12.9. The average Bonchev–Trinajstić information content (AvgIpc) is 2.86. The normalized spacial score (nSPS) is 30.6. The summed E-state index contributed by atoms with van der Waals surface area (Å²) in [5.41, 5.74) is 1.23. The zero-order valence-electron chi connectivity index (χ0n) is 11.1. The number of benzene rings is 1. The van der Waals surface area contributed by atoms with E-state index in [0.717, 1.165) is 11.8 Å². The van der Waals surface area contributed by atoms with E-state index in [1.807, 2.05) is 12.1 Å². The Bertz CT molecular complexity index is 403. The van der Waals surface area contributed by atoms with E-state index in [-0.39, 0.29) is 5.82 Å². The van der Waals surface area contributed by atoms with E-state index in [1.54, 1.807) is 12.1 Å². The summed E-state index contributed by atoms with van der Waals surface area (Å²) in [6, 6.07) is 7.37. The monoisotopic (exact) mass is 248 g/mol. The summed E-state index contributed by atoms with van der Waals surface area (Å²) in [6.45, 7) is 7.08. The van der Waals surface area contributed by atoms with Gasteiger partial charge >= 0.3 is 0 Å². The second-order valence-electron chi connectivity index (χ2n) is 5.92. The number of fused-ring (bicyclic) bond motifs is 1. The zero-order valence-corrected chi connectivity index (χ0v) is 11.1. The van der Waals surface area contributed by atoms with E-state index in [9.17, 15) is 4.39 Å². The molecule has 3 rings (SSSR count). The Morgan fingerprint density at radius 3 is 2.17 bits per heavy atom. The van der Waals surface area contributed by atoms with Crippen LogP contribution in [0, 0.1) is 17.7 Å². The first-order chi connectivity index (χ1) is 8.63. The zero-order chi connectivity index (χ0) is 12.7. The topological polar surface area (TPSA) is 6.48 Å². The van der Waals surface area contributed by atoms with Gasteiger partial charge in [0.1, 0.15) is 5.82 Å². The van der Waals surface area contributed by atoms with Gasteiger partial charge in [-0.2, -0.15) is 0 Å². The Balaban J connectivity index is 1.68. The number of hydrogen-bond donors (Lipinski definition) is 0. The summed E-state index contributed by atoms with van der Waals surface area (Å²) in [4.78, 5) is 4.99. The molecule has 3 heteroatoms. The summed E-state index contributed by atoms with van der Waals surface area (Å²) in [5.74, 6) is 1.52. The Labute approximate surface area is 108 Å². The molecule has 2 nitrogen and oxygen atoms in total. The molecule has 3 unspecified atom stereocenters. The average molecular weight is 248 g/mol. The predicted octanol–water partition coefficient (Wildman–Crippen LogP) is 2.38. The highest BCUT2D eigenvalue weighted by Gasteiger charge is 2.40. The molecule has 0 saturated carbocycles. The number of rotatable bonds is 2. The highest BCUT2D eigenvalue weighted by Crippen LogP contribution is 2.35. The van der Waals surface area contributed by atoms with Crippen molar-refractivity contribution in [2.75, 3.05) is 33.2 Å². The SMILES string of the molecule is CC(c1ccc(F)cc1)N1CC2CN(C)CC2C1. The van der Waals surface area contributed by atoms with Gasteiger partial charge in [-0.3, -0.25) is 4.90 Å². The molecule has 2 aliphatic rings. The maximum absolute atomic E-state index is 12.9. The van der Waals surface area contributed by atoms with Gasteiger partial charge in [-0.15, -0.1) is 0 Å². The van der Waals surface area contributed by atoms with Gasteiger partial charge in [0, 0.05) is 32.2 Å². The van der Waals surface area contributed by atoms with Crippen LogP contribution in [0.2, 0.25) is 0 Å². The first-order valence-electron chi connectivity index (χ1n) is 6.81. The van der Waals surface area contributed by atoms with E-state index in [1.165, 1.54) is 31.7 Å². The van der Waals surface area contributed by atoms with E-state index in [2.05, 4.69) is 23.8 Å². The van der Waals surface area contributed by atoms with Gasteiger partial charge in [0.05, 0.1) is 0 Å². The molecule has 2 saturated heterocycles. The second-order valence-corrected chi connectivity index (χ2v) is 5.92. The molecule has 0 N–H and O–H groups in total. The van der Waals surface area contributed by atoms with Gasteiger partial charge in [-0.25, -0.2) is 4.39 Å². The van der Waals surface area contributed by atoms with Crippen LogP contribution in [0.5, 0.6) is 0 Å². The molecule has 2 heterocycles. The molecule has 2 aliphatic heterocycles. The summed E-state index contributed by atoms with van der Waals surface area (Å²) < 4.78 is 12.9. The number of halogens is 1. The van der Waals surface area contributed by atoms with Gasteiger partial charge in [0.25, 0.3) is 0 Å². The van der Waals surface area contributed by atoms with Gasteiger partial charge < -0.3 is 4.90 Å². The third kappa shape index (κ3) is 2.17. The Hall–Kier alpha value is -0.930. The Kier molecular flexibility index (Phi) is 3.12. The highest BCUT2D eigenvalue weighted by molar-refractivity contribution is 5.20. The summed E-state index contributed by atoms with van der Waals surface area (Å²) in [6.07, 6.45) is 0. The highest BCUT2D eigenvalue weighted by atomic mass is 19.1. The van der Waals surface area contributed by atoms with Crippen molar-refractivity contribution in [2.24, 2.45) is 11.8 Å². The van der Waals surface area contributed by atoms with Crippen LogP contribution < -0.4 is 0 Å². The molecule has 0 aliphatic carbocycles. The number of hydrogen-bond acceptors (Lipinski definition) is 2. The van der Waals surface area contributed by atoms with E-state index < -0.39 is 0 Å². The minimum absolute atomic E-state index is 0.147. The van der Waals surface area contributed by atoms with Crippen molar-refractivity contribution in [1.82, 2.24) is 9.80 Å². The molecule has 98 valence electrons. The Morgan fingerprint density at radius 2 is 1.61 bits per heavy atom. The van der Waals surface area contributed by atoms with Crippen molar-refractivity contribution in [2.45, 2.75) is 13.0 Å². The molecular weight excluding hydrogens is 227 g/mol.